The summed E-state index contributed by atoms with van der Waals surface area (Å²) in [7, 11) is 0. The standard InChI is InChI=1S/C33H43N3O6/c1-9-39-29(37)12-10-11-27-26-15-14-25(22(5)24(26)17-18-36(27)32(38)41-33(6,7)8)30-34-31(42-35-30)23-13-16-28(21(4)19-23)40-20(2)3/h13-16,19-20,27H,9-12,17-18H2,1-8H3. The fourth-order valence-corrected chi connectivity index (χ4v) is 5.36. The van der Waals surface area contributed by atoms with Crippen LogP contribution >= 0.6 is 0 Å². The van der Waals surface area contributed by atoms with Gasteiger partial charge in [0, 0.05) is 24.1 Å². The van der Waals surface area contributed by atoms with Crippen molar-refractivity contribution in [3.63, 3.8) is 0 Å². The van der Waals surface area contributed by atoms with Crippen molar-refractivity contribution >= 4 is 12.1 Å². The zero-order chi connectivity index (χ0) is 30.6. The van der Waals surface area contributed by atoms with Crippen molar-refractivity contribution in [3.8, 4) is 28.6 Å². The zero-order valence-electron chi connectivity index (χ0n) is 26.1. The molecule has 3 aromatic rings. The minimum atomic E-state index is -0.608. The number of carbonyl (C=O) groups excluding carboxylic acids is 2. The Bertz CT molecular complexity index is 1420. The molecule has 0 saturated heterocycles. The van der Waals surface area contributed by atoms with Crippen molar-refractivity contribution in [2.45, 2.75) is 98.8 Å². The Kier molecular flexibility index (Phi) is 9.59. The summed E-state index contributed by atoms with van der Waals surface area (Å²) < 4.78 is 22.4. The highest BCUT2D eigenvalue weighted by atomic mass is 16.6. The molecule has 226 valence electrons. The molecule has 42 heavy (non-hydrogen) atoms. The third-order valence-electron chi connectivity index (χ3n) is 7.22. The Labute approximate surface area is 248 Å². The fourth-order valence-electron chi connectivity index (χ4n) is 5.36. The maximum Gasteiger partial charge on any atom is 0.410 e. The molecule has 9 heteroatoms. The van der Waals surface area contributed by atoms with Crippen molar-refractivity contribution in [2.24, 2.45) is 0 Å². The number of rotatable bonds is 9. The second-order valence-corrected chi connectivity index (χ2v) is 12.0. The third kappa shape index (κ3) is 7.30. The Morgan fingerprint density at radius 3 is 2.57 bits per heavy atom. The number of esters is 1. The minimum Gasteiger partial charge on any atom is -0.491 e. The lowest BCUT2D eigenvalue weighted by Gasteiger charge is -2.39. The molecule has 0 saturated carbocycles. The number of ether oxygens (including phenoxy) is 3. The molecule has 4 rings (SSSR count). The first-order valence-corrected chi connectivity index (χ1v) is 14.8. The normalized spacial score (nSPS) is 15.0. The van der Waals surface area contributed by atoms with Gasteiger partial charge in [0.05, 0.1) is 18.8 Å². The predicted molar refractivity (Wildman–Crippen MR) is 160 cm³/mol. The lowest BCUT2D eigenvalue weighted by molar-refractivity contribution is -0.143. The number of hydrogen-bond donors (Lipinski definition) is 0. The van der Waals surface area contributed by atoms with Crippen molar-refractivity contribution < 1.29 is 28.3 Å². The largest absolute Gasteiger partial charge is 0.491 e. The van der Waals surface area contributed by atoms with Gasteiger partial charge in [-0.2, -0.15) is 4.98 Å². The molecule has 1 atom stereocenters. The van der Waals surface area contributed by atoms with Gasteiger partial charge in [-0.15, -0.1) is 0 Å². The smallest absolute Gasteiger partial charge is 0.410 e. The lowest BCUT2D eigenvalue weighted by atomic mass is 9.85. The SMILES string of the molecule is CCOC(=O)CCCC1c2ccc(-c3noc(-c4ccc(OC(C)C)c(C)c4)n3)c(C)c2CCN1C(=O)OC(C)(C)C. The molecule has 2 aromatic carbocycles. The second-order valence-electron chi connectivity index (χ2n) is 12.0. The number of fused-ring (bicyclic) bond motifs is 1. The average Bonchev–Trinajstić information content (AvgIpc) is 3.39. The summed E-state index contributed by atoms with van der Waals surface area (Å²) in [6.07, 6.45) is 1.92. The molecule has 1 aliphatic rings. The van der Waals surface area contributed by atoms with E-state index < -0.39 is 5.60 Å². The molecule has 9 nitrogen and oxygen atoms in total. The van der Waals surface area contributed by atoms with Gasteiger partial charge < -0.3 is 23.6 Å². The van der Waals surface area contributed by atoms with Crippen molar-refractivity contribution in [3.05, 3.63) is 52.6 Å². The highest BCUT2D eigenvalue weighted by Gasteiger charge is 2.35. The van der Waals surface area contributed by atoms with Crippen LogP contribution in [0.2, 0.25) is 0 Å². The molecule has 1 aromatic heterocycles. The molecule has 0 bridgehead atoms. The molecule has 0 spiro atoms. The minimum absolute atomic E-state index is 0.0879. The number of carbonyl (C=O) groups is 2. The first-order valence-electron chi connectivity index (χ1n) is 14.8. The van der Waals surface area contributed by atoms with Crippen molar-refractivity contribution in [1.29, 1.82) is 0 Å². The summed E-state index contributed by atoms with van der Waals surface area (Å²) in [5.74, 6) is 1.55. The van der Waals surface area contributed by atoms with Gasteiger partial charge in [-0.1, -0.05) is 17.3 Å². The lowest BCUT2D eigenvalue weighted by Crippen LogP contribution is -2.43. The summed E-state index contributed by atoms with van der Waals surface area (Å²) in [5.41, 5.74) is 5.36. The first kappa shape index (κ1) is 31.1. The maximum absolute atomic E-state index is 13.2. The summed E-state index contributed by atoms with van der Waals surface area (Å²) in [6.45, 7) is 16.3. The van der Waals surface area contributed by atoms with Gasteiger partial charge in [0.25, 0.3) is 5.89 Å². The predicted octanol–water partition coefficient (Wildman–Crippen LogP) is 7.38. The fraction of sp³-hybridized carbons (Fsp3) is 0.515. The maximum atomic E-state index is 13.2. The van der Waals surface area contributed by atoms with E-state index in [1.54, 1.807) is 11.8 Å². The van der Waals surface area contributed by atoms with E-state index in [9.17, 15) is 9.59 Å². The van der Waals surface area contributed by atoms with Gasteiger partial charge in [0.2, 0.25) is 5.82 Å². The summed E-state index contributed by atoms with van der Waals surface area (Å²) in [5, 5.41) is 4.31. The van der Waals surface area contributed by atoms with Crippen LogP contribution in [0.1, 0.15) is 89.1 Å². The van der Waals surface area contributed by atoms with E-state index in [0.717, 1.165) is 39.1 Å². The number of hydrogen-bond acceptors (Lipinski definition) is 8. The summed E-state index contributed by atoms with van der Waals surface area (Å²) >= 11 is 0. The van der Waals surface area contributed by atoms with Gasteiger partial charge in [-0.3, -0.25) is 4.79 Å². The molecule has 1 amide bonds. The highest BCUT2D eigenvalue weighted by Crippen LogP contribution is 2.39. The molecule has 0 radical (unpaired) electrons. The van der Waals surface area contributed by atoms with E-state index >= 15 is 0 Å². The molecule has 1 unspecified atom stereocenters. The molecular formula is C33H43N3O6. The van der Waals surface area contributed by atoms with E-state index in [4.69, 9.17) is 23.7 Å². The van der Waals surface area contributed by atoms with Crippen LogP contribution < -0.4 is 4.74 Å². The summed E-state index contributed by atoms with van der Waals surface area (Å²) in [6, 6.07) is 9.65. The molecule has 0 fully saturated rings. The number of nitrogens with zero attached hydrogens (tertiary/aromatic N) is 3. The Morgan fingerprint density at radius 1 is 1.14 bits per heavy atom. The summed E-state index contributed by atoms with van der Waals surface area (Å²) in [4.78, 5) is 31.7. The van der Waals surface area contributed by atoms with Crippen molar-refractivity contribution in [2.75, 3.05) is 13.2 Å². The second kappa shape index (κ2) is 13.0. The molecule has 0 N–H and O–H groups in total. The van der Waals surface area contributed by atoms with Crippen LogP contribution in [0.3, 0.4) is 0 Å². The topological polar surface area (TPSA) is 104 Å². The van der Waals surface area contributed by atoms with E-state index in [-0.39, 0.29) is 24.2 Å². The van der Waals surface area contributed by atoms with Crippen LogP contribution in [0.5, 0.6) is 5.75 Å². The van der Waals surface area contributed by atoms with Gasteiger partial charge in [0.15, 0.2) is 0 Å². The zero-order valence-corrected chi connectivity index (χ0v) is 26.1. The van der Waals surface area contributed by atoms with Gasteiger partial charge >= 0.3 is 12.1 Å². The van der Waals surface area contributed by atoms with E-state index in [2.05, 4.69) is 12.1 Å². The number of aromatic nitrogens is 2. The Balaban J connectivity index is 1.62. The van der Waals surface area contributed by atoms with Crippen LogP contribution in [0.15, 0.2) is 34.9 Å². The Hall–Kier alpha value is -3.88. The molecular weight excluding hydrogens is 534 g/mol. The van der Waals surface area contributed by atoms with E-state index in [0.29, 0.717) is 50.6 Å². The molecule has 0 aliphatic carbocycles. The third-order valence-corrected chi connectivity index (χ3v) is 7.22. The monoisotopic (exact) mass is 577 g/mol. The van der Waals surface area contributed by atoms with Gasteiger partial charge in [-0.05, 0) is 115 Å². The quantitative estimate of drug-likeness (QED) is 0.243. The number of benzene rings is 2. The van der Waals surface area contributed by atoms with Gasteiger partial charge in [-0.25, -0.2) is 4.79 Å². The van der Waals surface area contributed by atoms with Crippen LogP contribution in [0.4, 0.5) is 4.79 Å². The van der Waals surface area contributed by atoms with Crippen LogP contribution in [0, 0.1) is 13.8 Å². The van der Waals surface area contributed by atoms with Crippen molar-refractivity contribution in [1.82, 2.24) is 15.0 Å². The average molecular weight is 578 g/mol. The van der Waals surface area contributed by atoms with E-state index in [1.807, 2.05) is 71.9 Å². The Morgan fingerprint density at radius 2 is 1.90 bits per heavy atom. The van der Waals surface area contributed by atoms with Gasteiger partial charge in [0.1, 0.15) is 11.4 Å². The number of amides is 1. The van der Waals surface area contributed by atoms with E-state index in [1.165, 1.54) is 0 Å². The van der Waals surface area contributed by atoms with Crippen LogP contribution in [0.25, 0.3) is 22.8 Å². The molecule has 2 heterocycles. The highest BCUT2D eigenvalue weighted by molar-refractivity contribution is 5.72. The first-order chi connectivity index (χ1) is 19.9. The van der Waals surface area contributed by atoms with Crippen LogP contribution in [-0.2, 0) is 20.7 Å². The number of aryl methyl sites for hydroxylation is 1. The molecule has 1 aliphatic heterocycles. The van der Waals surface area contributed by atoms with Crippen LogP contribution in [-0.4, -0.2) is 52.0 Å².